The summed E-state index contributed by atoms with van der Waals surface area (Å²) in [6, 6.07) is 1.61. The molecule has 1 saturated heterocycles. The van der Waals surface area contributed by atoms with Crippen molar-refractivity contribution in [2.75, 3.05) is 11.4 Å². The van der Waals surface area contributed by atoms with Crippen LogP contribution < -0.4 is 4.90 Å². The predicted molar refractivity (Wildman–Crippen MR) is 73.3 cm³/mol. The van der Waals surface area contributed by atoms with E-state index >= 15 is 0 Å². The molecule has 0 spiro atoms. The minimum atomic E-state index is -0.0697. The zero-order chi connectivity index (χ0) is 13.3. The minimum Gasteiger partial charge on any atom is -0.308 e. The number of rotatable bonds is 2. The number of carbonyl (C=O) groups excluding carboxylic acids is 2. The molecule has 4 nitrogen and oxygen atoms in total. The number of nitrogens with zero attached hydrogens (tertiary/aromatic N) is 2. The van der Waals surface area contributed by atoms with Crippen LogP contribution in [0.15, 0.2) is 12.3 Å². The molecule has 1 aliphatic rings. The van der Waals surface area contributed by atoms with Crippen molar-refractivity contribution in [3.05, 3.63) is 22.4 Å². The number of halogens is 2. The summed E-state index contributed by atoms with van der Waals surface area (Å²) in [5, 5.41) is 0.626. The van der Waals surface area contributed by atoms with E-state index in [1.165, 1.54) is 29.8 Å². The average Bonchev–Trinajstić information content (AvgIpc) is 2.62. The maximum absolute atomic E-state index is 11.9. The highest BCUT2D eigenvalue weighted by atomic mass is 35.5. The van der Waals surface area contributed by atoms with Gasteiger partial charge in [0.15, 0.2) is 10.3 Å². The van der Waals surface area contributed by atoms with Gasteiger partial charge in [-0.15, -0.1) is 0 Å². The second-order valence-corrected chi connectivity index (χ2v) is 6.18. The van der Waals surface area contributed by atoms with E-state index in [9.17, 15) is 9.59 Å². The van der Waals surface area contributed by atoms with Crippen LogP contribution in [0, 0.1) is 0 Å². The standard InChI is InChI=1S/C11H10Cl2N2O2S/c1-6(16)18-8-3-10(17)15(5-8)9-2-7(12)4-14-11(9)13/h2,4,8H,3,5H2,1H3. The Kier molecular flexibility index (Phi) is 4.14. The Balaban J connectivity index is 2.21. The third-order valence-corrected chi connectivity index (χ3v) is 3.98. The zero-order valence-corrected chi connectivity index (χ0v) is 11.8. The van der Waals surface area contributed by atoms with Crippen LogP contribution in [0.5, 0.6) is 0 Å². The van der Waals surface area contributed by atoms with Crippen molar-refractivity contribution in [3.63, 3.8) is 0 Å². The summed E-state index contributed by atoms with van der Waals surface area (Å²) in [7, 11) is 0. The number of anilines is 1. The fraction of sp³-hybridized carbons (Fsp3) is 0.364. The van der Waals surface area contributed by atoms with Crippen molar-refractivity contribution in [2.45, 2.75) is 18.6 Å². The maximum atomic E-state index is 11.9. The summed E-state index contributed by atoms with van der Waals surface area (Å²) >= 11 is 13.0. The molecule has 7 heteroatoms. The van der Waals surface area contributed by atoms with E-state index in [-0.39, 0.29) is 21.4 Å². The van der Waals surface area contributed by atoms with E-state index in [1.54, 1.807) is 6.07 Å². The molecule has 0 bridgehead atoms. The number of amides is 1. The van der Waals surface area contributed by atoms with Gasteiger partial charge in [-0.1, -0.05) is 35.0 Å². The van der Waals surface area contributed by atoms with Crippen molar-refractivity contribution < 1.29 is 9.59 Å². The van der Waals surface area contributed by atoms with Crippen molar-refractivity contribution in [1.29, 1.82) is 0 Å². The fourth-order valence-corrected chi connectivity index (χ4v) is 3.10. The minimum absolute atomic E-state index is 0.00460. The first kappa shape index (κ1) is 13.6. The number of hydrogen-bond donors (Lipinski definition) is 0. The van der Waals surface area contributed by atoms with E-state index in [4.69, 9.17) is 23.2 Å². The summed E-state index contributed by atoms with van der Waals surface area (Å²) in [5.74, 6) is -0.0697. The van der Waals surface area contributed by atoms with Gasteiger partial charge in [0, 0.05) is 31.3 Å². The van der Waals surface area contributed by atoms with Crippen molar-refractivity contribution in [2.24, 2.45) is 0 Å². The summed E-state index contributed by atoms with van der Waals surface area (Å²) in [6.45, 7) is 1.94. The highest BCUT2D eigenvalue weighted by Gasteiger charge is 2.33. The predicted octanol–water partition coefficient (Wildman–Crippen LogP) is 2.77. The van der Waals surface area contributed by atoms with E-state index in [1.807, 2.05) is 0 Å². The Labute approximate surface area is 119 Å². The molecule has 0 aliphatic carbocycles. The van der Waals surface area contributed by atoms with Gasteiger partial charge in [-0.25, -0.2) is 4.98 Å². The van der Waals surface area contributed by atoms with Gasteiger partial charge >= 0.3 is 0 Å². The first-order valence-corrected chi connectivity index (χ1v) is 6.89. The highest BCUT2D eigenvalue weighted by Crippen LogP contribution is 2.33. The molecule has 18 heavy (non-hydrogen) atoms. The van der Waals surface area contributed by atoms with E-state index in [0.29, 0.717) is 23.7 Å². The average molecular weight is 305 g/mol. The lowest BCUT2D eigenvalue weighted by Gasteiger charge is -2.17. The molecular weight excluding hydrogens is 295 g/mol. The van der Waals surface area contributed by atoms with Crippen molar-refractivity contribution >= 4 is 51.7 Å². The molecule has 0 saturated carbocycles. The molecule has 2 rings (SSSR count). The van der Waals surface area contributed by atoms with Gasteiger partial charge in [0.05, 0.1) is 10.7 Å². The Bertz CT molecular complexity index is 510. The van der Waals surface area contributed by atoms with Gasteiger partial charge in [0.25, 0.3) is 0 Å². The van der Waals surface area contributed by atoms with E-state index in [2.05, 4.69) is 4.98 Å². The van der Waals surface area contributed by atoms with E-state index in [0.717, 1.165) is 0 Å². The Hall–Kier alpha value is -0.780. The molecule has 96 valence electrons. The summed E-state index contributed by atoms with van der Waals surface area (Å²) in [4.78, 5) is 28.4. The molecule has 1 amide bonds. The van der Waals surface area contributed by atoms with Crippen LogP contribution in [-0.4, -0.2) is 27.8 Å². The number of aromatic nitrogens is 1. The molecule has 0 N–H and O–H groups in total. The van der Waals surface area contributed by atoms with E-state index < -0.39 is 0 Å². The van der Waals surface area contributed by atoms with Gasteiger partial charge in [-0.05, 0) is 6.07 Å². The molecule has 0 aromatic carbocycles. The maximum Gasteiger partial charge on any atom is 0.228 e. The van der Waals surface area contributed by atoms with Crippen LogP contribution in [0.25, 0.3) is 0 Å². The SMILES string of the molecule is CC(=O)SC1CC(=O)N(c2cc(Cl)cnc2Cl)C1. The smallest absolute Gasteiger partial charge is 0.228 e. The third-order valence-electron chi connectivity index (χ3n) is 2.50. The molecule has 2 heterocycles. The van der Waals surface area contributed by atoms with Crippen LogP contribution in [0.1, 0.15) is 13.3 Å². The summed E-state index contributed by atoms with van der Waals surface area (Å²) in [5.41, 5.74) is 0.501. The zero-order valence-electron chi connectivity index (χ0n) is 9.52. The Morgan fingerprint density at radius 3 is 2.94 bits per heavy atom. The molecule has 1 aliphatic heterocycles. The second-order valence-electron chi connectivity index (χ2n) is 3.90. The molecule has 1 unspecified atom stereocenters. The highest BCUT2D eigenvalue weighted by molar-refractivity contribution is 8.14. The first-order valence-electron chi connectivity index (χ1n) is 5.26. The van der Waals surface area contributed by atoms with Crippen LogP contribution in [-0.2, 0) is 9.59 Å². The lowest BCUT2D eigenvalue weighted by molar-refractivity contribution is -0.117. The van der Waals surface area contributed by atoms with Crippen LogP contribution >= 0.6 is 35.0 Å². The van der Waals surface area contributed by atoms with Gasteiger partial charge < -0.3 is 4.90 Å². The number of thioether (sulfide) groups is 1. The summed E-state index contributed by atoms with van der Waals surface area (Å²) in [6.07, 6.45) is 1.75. The lowest BCUT2D eigenvalue weighted by Crippen LogP contribution is -2.25. The number of pyridine rings is 1. The molecule has 1 fully saturated rings. The summed E-state index contributed by atoms with van der Waals surface area (Å²) < 4.78 is 0. The number of carbonyl (C=O) groups is 2. The quantitative estimate of drug-likeness (QED) is 0.788. The van der Waals surface area contributed by atoms with Crippen LogP contribution in [0.3, 0.4) is 0 Å². The van der Waals surface area contributed by atoms with Gasteiger partial charge in [-0.3, -0.25) is 9.59 Å². The van der Waals surface area contributed by atoms with Crippen LogP contribution in [0.2, 0.25) is 10.2 Å². The number of hydrogen-bond acceptors (Lipinski definition) is 4. The fourth-order valence-electron chi connectivity index (χ4n) is 1.82. The monoisotopic (exact) mass is 304 g/mol. The molecule has 1 atom stereocenters. The van der Waals surface area contributed by atoms with Gasteiger partial charge in [-0.2, -0.15) is 0 Å². The second kappa shape index (κ2) is 5.47. The van der Waals surface area contributed by atoms with Crippen LogP contribution in [0.4, 0.5) is 5.69 Å². The Morgan fingerprint density at radius 2 is 2.28 bits per heavy atom. The topological polar surface area (TPSA) is 50.3 Å². The first-order chi connectivity index (χ1) is 8.47. The van der Waals surface area contributed by atoms with Crippen molar-refractivity contribution in [3.8, 4) is 0 Å². The lowest BCUT2D eigenvalue weighted by atomic mass is 10.4. The van der Waals surface area contributed by atoms with Crippen molar-refractivity contribution in [1.82, 2.24) is 4.98 Å². The molecular formula is C11H10Cl2N2O2S. The third kappa shape index (κ3) is 2.96. The van der Waals surface area contributed by atoms with Gasteiger partial charge in [0.1, 0.15) is 0 Å². The Morgan fingerprint density at radius 1 is 1.56 bits per heavy atom. The molecule has 1 aromatic rings. The van der Waals surface area contributed by atoms with Gasteiger partial charge in [0.2, 0.25) is 5.91 Å². The largest absolute Gasteiger partial charge is 0.308 e. The molecule has 1 aromatic heterocycles. The normalized spacial score (nSPS) is 19.4. The molecule has 0 radical (unpaired) electrons.